The maximum atomic E-state index is 12.3. The lowest BCUT2D eigenvalue weighted by Gasteiger charge is -2.31. The van der Waals surface area contributed by atoms with Gasteiger partial charge in [-0.15, -0.1) is 0 Å². The van der Waals surface area contributed by atoms with Crippen molar-refractivity contribution in [2.24, 2.45) is 5.92 Å². The first-order chi connectivity index (χ1) is 7.68. The summed E-state index contributed by atoms with van der Waals surface area (Å²) in [4.78, 5) is 14.2. The van der Waals surface area contributed by atoms with Crippen molar-refractivity contribution in [3.8, 4) is 0 Å². The lowest BCUT2D eigenvalue weighted by Crippen LogP contribution is -2.42. The molecule has 1 amide bonds. The number of halogens is 1. The van der Waals surface area contributed by atoms with Crippen LogP contribution in [-0.4, -0.2) is 41.0 Å². The molecular weight excluding hydrogens is 317 g/mol. The zero-order chi connectivity index (χ0) is 11.5. The molecule has 16 heavy (non-hydrogen) atoms. The summed E-state index contributed by atoms with van der Waals surface area (Å²) in [5.41, 5.74) is 0. The van der Waals surface area contributed by atoms with Crippen LogP contribution in [0.15, 0.2) is 0 Å². The molecule has 1 atom stereocenters. The van der Waals surface area contributed by atoms with Crippen LogP contribution in [0.2, 0.25) is 0 Å². The zero-order valence-electron chi connectivity index (χ0n) is 9.82. The predicted molar refractivity (Wildman–Crippen MR) is 71.8 cm³/mol. The van der Waals surface area contributed by atoms with Gasteiger partial charge in [0, 0.05) is 23.5 Å². The Kier molecular flexibility index (Phi) is 4.47. The number of carbonyl (C=O) groups excluding carboxylic acids is 1. The SMILES string of the molecule is CN(C(=O)C1CCC(I)CC1)C1CCOC1. The van der Waals surface area contributed by atoms with E-state index in [1.165, 1.54) is 12.8 Å². The van der Waals surface area contributed by atoms with Crippen molar-refractivity contribution in [2.45, 2.75) is 42.1 Å². The molecule has 0 aromatic rings. The first-order valence-electron chi connectivity index (χ1n) is 6.17. The summed E-state index contributed by atoms with van der Waals surface area (Å²) in [6, 6.07) is 0.324. The first kappa shape index (κ1) is 12.6. The Morgan fingerprint density at radius 3 is 2.50 bits per heavy atom. The highest BCUT2D eigenvalue weighted by molar-refractivity contribution is 14.1. The number of rotatable bonds is 2. The molecule has 0 radical (unpaired) electrons. The molecule has 92 valence electrons. The highest BCUT2D eigenvalue weighted by atomic mass is 127. The van der Waals surface area contributed by atoms with Gasteiger partial charge in [-0.3, -0.25) is 4.79 Å². The van der Waals surface area contributed by atoms with Crippen LogP contribution in [-0.2, 0) is 9.53 Å². The smallest absolute Gasteiger partial charge is 0.225 e. The number of likely N-dealkylation sites (N-methyl/N-ethyl adjacent to an activating group) is 1. The summed E-state index contributed by atoms with van der Waals surface area (Å²) in [6.45, 7) is 1.53. The number of carbonyl (C=O) groups is 1. The topological polar surface area (TPSA) is 29.5 Å². The molecule has 1 saturated heterocycles. The largest absolute Gasteiger partial charge is 0.379 e. The molecule has 0 spiro atoms. The van der Waals surface area contributed by atoms with Crippen LogP contribution < -0.4 is 0 Å². The quantitative estimate of drug-likeness (QED) is 0.571. The normalized spacial score (nSPS) is 35.0. The maximum absolute atomic E-state index is 12.3. The second-order valence-corrected chi connectivity index (χ2v) is 6.68. The Balaban J connectivity index is 1.86. The van der Waals surface area contributed by atoms with Crippen LogP contribution in [0.1, 0.15) is 32.1 Å². The van der Waals surface area contributed by atoms with Gasteiger partial charge >= 0.3 is 0 Å². The molecule has 2 rings (SSSR count). The van der Waals surface area contributed by atoms with Crippen molar-refractivity contribution in [3.63, 3.8) is 0 Å². The molecule has 3 nitrogen and oxygen atoms in total. The fraction of sp³-hybridized carbons (Fsp3) is 0.917. The van der Waals surface area contributed by atoms with Crippen LogP contribution in [0.25, 0.3) is 0 Å². The monoisotopic (exact) mass is 337 g/mol. The van der Waals surface area contributed by atoms with E-state index >= 15 is 0 Å². The van der Waals surface area contributed by atoms with Crippen LogP contribution in [0.4, 0.5) is 0 Å². The average molecular weight is 337 g/mol. The van der Waals surface area contributed by atoms with E-state index in [1.807, 2.05) is 11.9 Å². The van der Waals surface area contributed by atoms with E-state index in [2.05, 4.69) is 22.6 Å². The third-order valence-electron chi connectivity index (χ3n) is 3.81. The molecule has 0 bridgehead atoms. The molecule has 2 fully saturated rings. The van der Waals surface area contributed by atoms with Crippen molar-refractivity contribution >= 4 is 28.5 Å². The van der Waals surface area contributed by atoms with E-state index in [0.29, 0.717) is 11.9 Å². The number of alkyl halides is 1. The Morgan fingerprint density at radius 1 is 1.25 bits per heavy atom. The van der Waals surface area contributed by atoms with Gasteiger partial charge in [0.05, 0.1) is 12.6 Å². The minimum absolute atomic E-state index is 0.275. The number of nitrogens with zero attached hydrogens (tertiary/aromatic N) is 1. The van der Waals surface area contributed by atoms with Gasteiger partial charge in [0.1, 0.15) is 0 Å². The molecule has 0 N–H and O–H groups in total. The van der Waals surface area contributed by atoms with Gasteiger partial charge in [0.2, 0.25) is 5.91 Å². The Hall–Kier alpha value is 0.160. The van der Waals surface area contributed by atoms with Crippen molar-refractivity contribution in [1.82, 2.24) is 4.90 Å². The number of hydrogen-bond donors (Lipinski definition) is 0. The van der Waals surface area contributed by atoms with E-state index in [4.69, 9.17) is 4.74 Å². The molecule has 1 heterocycles. The first-order valence-corrected chi connectivity index (χ1v) is 7.41. The lowest BCUT2D eigenvalue weighted by molar-refractivity contribution is -0.137. The number of ether oxygens (including phenoxy) is 1. The zero-order valence-corrected chi connectivity index (χ0v) is 12.0. The molecule has 2 aliphatic rings. The molecule has 1 unspecified atom stereocenters. The van der Waals surface area contributed by atoms with E-state index in [-0.39, 0.29) is 5.92 Å². The van der Waals surface area contributed by atoms with Gasteiger partial charge in [0.25, 0.3) is 0 Å². The molecule has 0 aromatic carbocycles. The van der Waals surface area contributed by atoms with Gasteiger partial charge in [-0.1, -0.05) is 22.6 Å². The molecule has 1 saturated carbocycles. The van der Waals surface area contributed by atoms with Crippen molar-refractivity contribution < 1.29 is 9.53 Å². The second-order valence-electron chi connectivity index (χ2n) is 4.92. The molecule has 0 aromatic heterocycles. The van der Waals surface area contributed by atoms with E-state index in [1.54, 1.807) is 0 Å². The van der Waals surface area contributed by atoms with Crippen LogP contribution in [0, 0.1) is 5.92 Å². The fourth-order valence-corrected chi connectivity index (χ4v) is 3.31. The highest BCUT2D eigenvalue weighted by Crippen LogP contribution is 2.30. The minimum atomic E-state index is 0.275. The molecule has 4 heteroatoms. The van der Waals surface area contributed by atoms with Crippen LogP contribution in [0.5, 0.6) is 0 Å². The molecule has 1 aliphatic carbocycles. The van der Waals surface area contributed by atoms with Crippen molar-refractivity contribution in [2.75, 3.05) is 20.3 Å². The summed E-state index contributed by atoms with van der Waals surface area (Å²) in [7, 11) is 1.94. The molecule has 1 aliphatic heterocycles. The van der Waals surface area contributed by atoms with Gasteiger partial charge in [-0.05, 0) is 32.1 Å². The fourth-order valence-electron chi connectivity index (χ4n) is 2.60. The van der Waals surface area contributed by atoms with Crippen LogP contribution in [0.3, 0.4) is 0 Å². The predicted octanol–water partition coefficient (Wildman–Crippen LogP) is 2.23. The van der Waals surface area contributed by atoms with Gasteiger partial charge < -0.3 is 9.64 Å². The average Bonchev–Trinajstić information content (AvgIpc) is 2.81. The van der Waals surface area contributed by atoms with E-state index in [9.17, 15) is 4.79 Å². The second kappa shape index (κ2) is 5.67. The third kappa shape index (κ3) is 2.88. The Bertz CT molecular complexity index is 245. The summed E-state index contributed by atoms with van der Waals surface area (Å²) in [5.74, 6) is 0.621. The maximum Gasteiger partial charge on any atom is 0.225 e. The summed E-state index contributed by atoms with van der Waals surface area (Å²) in [5, 5.41) is 0. The lowest BCUT2D eigenvalue weighted by atomic mass is 9.88. The standard InChI is InChI=1S/C12H20INO2/c1-14(11-6-7-16-8-11)12(15)9-2-4-10(13)5-3-9/h9-11H,2-8H2,1H3. The third-order valence-corrected chi connectivity index (χ3v) is 5.05. The van der Waals surface area contributed by atoms with Crippen LogP contribution >= 0.6 is 22.6 Å². The summed E-state index contributed by atoms with van der Waals surface area (Å²) >= 11 is 2.50. The molecular formula is C12H20INO2. The van der Waals surface area contributed by atoms with Crippen molar-refractivity contribution in [3.05, 3.63) is 0 Å². The van der Waals surface area contributed by atoms with Gasteiger partial charge in [0.15, 0.2) is 0 Å². The van der Waals surface area contributed by atoms with E-state index in [0.717, 1.165) is 36.4 Å². The van der Waals surface area contributed by atoms with E-state index < -0.39 is 0 Å². The summed E-state index contributed by atoms with van der Waals surface area (Å²) < 4.78 is 6.12. The minimum Gasteiger partial charge on any atom is -0.379 e. The van der Waals surface area contributed by atoms with Crippen molar-refractivity contribution in [1.29, 1.82) is 0 Å². The summed E-state index contributed by atoms with van der Waals surface area (Å²) in [6.07, 6.45) is 5.55. The Morgan fingerprint density at radius 2 is 1.94 bits per heavy atom. The number of amides is 1. The van der Waals surface area contributed by atoms with Gasteiger partial charge in [-0.2, -0.15) is 0 Å². The van der Waals surface area contributed by atoms with Gasteiger partial charge in [-0.25, -0.2) is 0 Å². The highest BCUT2D eigenvalue weighted by Gasteiger charge is 2.31. The Labute approximate surface area is 111 Å². The number of hydrogen-bond acceptors (Lipinski definition) is 2.